The molecule has 1 saturated heterocycles. The number of carbonyl (C=O) groups excluding carboxylic acids is 3. The second-order valence-electron chi connectivity index (χ2n) is 8.41. The lowest BCUT2D eigenvalue weighted by Gasteiger charge is -2.25. The number of para-hydroxylation sites is 1. The van der Waals surface area contributed by atoms with Gasteiger partial charge in [-0.15, -0.1) is 0 Å². The predicted octanol–water partition coefficient (Wildman–Crippen LogP) is 4.48. The Kier molecular flexibility index (Phi) is 4.99. The van der Waals surface area contributed by atoms with Gasteiger partial charge in [0.2, 0.25) is 11.8 Å². The van der Waals surface area contributed by atoms with Gasteiger partial charge in [-0.3, -0.25) is 19.3 Å². The van der Waals surface area contributed by atoms with Crippen molar-refractivity contribution in [2.45, 2.75) is 40.0 Å². The molecule has 1 aliphatic carbocycles. The zero-order chi connectivity index (χ0) is 20.7. The van der Waals surface area contributed by atoms with Gasteiger partial charge in [-0.1, -0.05) is 31.2 Å². The van der Waals surface area contributed by atoms with Crippen LogP contribution in [-0.2, 0) is 9.59 Å². The van der Waals surface area contributed by atoms with Crippen molar-refractivity contribution in [1.82, 2.24) is 0 Å². The molecule has 0 radical (unpaired) electrons. The highest BCUT2D eigenvalue weighted by Crippen LogP contribution is 2.42. The fraction of sp³-hybridized carbons (Fsp3) is 0.375. The summed E-state index contributed by atoms with van der Waals surface area (Å²) in [5.74, 6) is -0.487. The first-order valence-electron chi connectivity index (χ1n) is 10.2. The van der Waals surface area contributed by atoms with Crippen LogP contribution in [0.4, 0.5) is 11.4 Å². The van der Waals surface area contributed by atoms with Gasteiger partial charge in [-0.2, -0.15) is 0 Å². The van der Waals surface area contributed by atoms with Crippen LogP contribution in [0.3, 0.4) is 0 Å². The molecular formula is C24H26N2O3. The van der Waals surface area contributed by atoms with Gasteiger partial charge >= 0.3 is 0 Å². The largest absolute Gasteiger partial charge is 0.322 e. The Morgan fingerprint density at radius 1 is 0.966 bits per heavy atom. The summed E-state index contributed by atoms with van der Waals surface area (Å²) in [5, 5.41) is 2.96. The number of nitrogens with zero attached hydrogens (tertiary/aromatic N) is 1. The van der Waals surface area contributed by atoms with E-state index in [-0.39, 0.29) is 29.6 Å². The topological polar surface area (TPSA) is 66.5 Å². The normalized spacial score (nSPS) is 23.8. The van der Waals surface area contributed by atoms with Crippen LogP contribution in [0.5, 0.6) is 0 Å². The van der Waals surface area contributed by atoms with Crippen molar-refractivity contribution in [3.63, 3.8) is 0 Å². The number of nitrogens with one attached hydrogen (secondary N) is 1. The molecule has 2 aromatic carbocycles. The van der Waals surface area contributed by atoms with Crippen molar-refractivity contribution in [3.8, 4) is 0 Å². The minimum Gasteiger partial charge on any atom is -0.322 e. The molecule has 150 valence electrons. The van der Waals surface area contributed by atoms with E-state index in [1.165, 1.54) is 4.90 Å². The van der Waals surface area contributed by atoms with Crippen LogP contribution in [0, 0.1) is 31.6 Å². The Labute approximate surface area is 171 Å². The number of fused-ring (bicyclic) bond motifs is 1. The molecule has 3 amide bonds. The first-order chi connectivity index (χ1) is 13.9. The second-order valence-corrected chi connectivity index (χ2v) is 8.41. The molecule has 3 atom stereocenters. The second kappa shape index (κ2) is 7.47. The summed E-state index contributed by atoms with van der Waals surface area (Å²) < 4.78 is 0. The first kappa shape index (κ1) is 19.4. The van der Waals surface area contributed by atoms with E-state index in [2.05, 4.69) is 12.2 Å². The van der Waals surface area contributed by atoms with E-state index in [0.717, 1.165) is 36.1 Å². The maximum atomic E-state index is 13.0. The van der Waals surface area contributed by atoms with Gasteiger partial charge in [0, 0.05) is 11.3 Å². The highest BCUT2D eigenvalue weighted by atomic mass is 16.2. The zero-order valence-corrected chi connectivity index (χ0v) is 17.1. The van der Waals surface area contributed by atoms with Crippen molar-refractivity contribution >= 4 is 29.1 Å². The Morgan fingerprint density at radius 3 is 2.34 bits per heavy atom. The molecule has 1 N–H and O–H groups in total. The van der Waals surface area contributed by atoms with E-state index in [4.69, 9.17) is 0 Å². The number of hydrogen-bond acceptors (Lipinski definition) is 3. The molecule has 0 spiro atoms. The van der Waals surface area contributed by atoms with Crippen LogP contribution in [0.25, 0.3) is 0 Å². The van der Waals surface area contributed by atoms with Gasteiger partial charge in [0.05, 0.1) is 17.5 Å². The number of carbonyl (C=O) groups is 3. The van der Waals surface area contributed by atoms with E-state index in [1.54, 1.807) is 24.3 Å². The SMILES string of the molecule is Cc1cccc(C)c1NC(=O)c1cccc(N2C(=O)[C@H]3CC[C@@H](C)C[C@@H]3C2=O)c1. The van der Waals surface area contributed by atoms with Crippen LogP contribution >= 0.6 is 0 Å². The van der Waals surface area contributed by atoms with Crippen molar-refractivity contribution in [2.24, 2.45) is 17.8 Å². The predicted molar refractivity (Wildman–Crippen MR) is 113 cm³/mol. The van der Waals surface area contributed by atoms with E-state index in [9.17, 15) is 14.4 Å². The first-order valence-corrected chi connectivity index (χ1v) is 10.2. The molecule has 0 unspecified atom stereocenters. The van der Waals surface area contributed by atoms with Gasteiger partial charge in [0.15, 0.2) is 0 Å². The van der Waals surface area contributed by atoms with E-state index in [1.807, 2.05) is 32.0 Å². The number of amides is 3. The maximum absolute atomic E-state index is 13.0. The quantitative estimate of drug-likeness (QED) is 0.786. The molecule has 0 bridgehead atoms. The lowest BCUT2D eigenvalue weighted by molar-refractivity contribution is -0.122. The Hall–Kier alpha value is -2.95. The summed E-state index contributed by atoms with van der Waals surface area (Å²) in [6.45, 7) is 6.03. The molecular weight excluding hydrogens is 364 g/mol. The molecule has 4 rings (SSSR count). The fourth-order valence-electron chi connectivity index (χ4n) is 4.63. The van der Waals surface area contributed by atoms with Crippen molar-refractivity contribution < 1.29 is 14.4 Å². The lowest BCUT2D eigenvalue weighted by Crippen LogP contribution is -2.31. The molecule has 2 fully saturated rings. The third-order valence-electron chi connectivity index (χ3n) is 6.27. The average molecular weight is 390 g/mol. The maximum Gasteiger partial charge on any atom is 0.255 e. The monoisotopic (exact) mass is 390 g/mol. The highest BCUT2D eigenvalue weighted by Gasteiger charge is 2.50. The van der Waals surface area contributed by atoms with Gasteiger partial charge in [-0.25, -0.2) is 0 Å². The zero-order valence-electron chi connectivity index (χ0n) is 17.1. The molecule has 1 heterocycles. The van der Waals surface area contributed by atoms with Gasteiger partial charge in [-0.05, 0) is 68.4 Å². The van der Waals surface area contributed by atoms with E-state index < -0.39 is 0 Å². The van der Waals surface area contributed by atoms with Crippen LogP contribution in [0.15, 0.2) is 42.5 Å². The van der Waals surface area contributed by atoms with Crippen LogP contribution in [0.1, 0.15) is 47.7 Å². The number of anilines is 2. The molecule has 5 nitrogen and oxygen atoms in total. The molecule has 1 saturated carbocycles. The Bertz CT molecular complexity index is 977. The molecule has 1 aliphatic heterocycles. The van der Waals surface area contributed by atoms with Crippen LogP contribution in [-0.4, -0.2) is 17.7 Å². The smallest absolute Gasteiger partial charge is 0.255 e. The summed E-state index contributed by atoms with van der Waals surface area (Å²) in [5.41, 5.74) is 3.66. The molecule has 2 aliphatic rings. The molecule has 29 heavy (non-hydrogen) atoms. The van der Waals surface area contributed by atoms with Gasteiger partial charge in [0.1, 0.15) is 0 Å². The number of aryl methyl sites for hydroxylation is 2. The van der Waals surface area contributed by atoms with Gasteiger partial charge in [0.25, 0.3) is 5.91 Å². The summed E-state index contributed by atoms with van der Waals surface area (Å²) >= 11 is 0. The lowest BCUT2D eigenvalue weighted by atomic mass is 9.76. The van der Waals surface area contributed by atoms with Crippen LogP contribution < -0.4 is 10.2 Å². The summed E-state index contributed by atoms with van der Waals surface area (Å²) in [7, 11) is 0. The summed E-state index contributed by atoms with van der Waals surface area (Å²) in [6, 6.07) is 12.6. The van der Waals surface area contributed by atoms with Crippen molar-refractivity contribution in [1.29, 1.82) is 0 Å². The van der Waals surface area contributed by atoms with E-state index >= 15 is 0 Å². The molecule has 2 aromatic rings. The number of hydrogen-bond donors (Lipinski definition) is 1. The molecule has 0 aromatic heterocycles. The van der Waals surface area contributed by atoms with Crippen molar-refractivity contribution in [3.05, 3.63) is 59.2 Å². The van der Waals surface area contributed by atoms with E-state index in [0.29, 0.717) is 17.2 Å². The Balaban J connectivity index is 1.60. The van der Waals surface area contributed by atoms with Crippen molar-refractivity contribution in [2.75, 3.05) is 10.2 Å². The number of rotatable bonds is 3. The summed E-state index contributed by atoms with van der Waals surface area (Å²) in [4.78, 5) is 40.0. The number of benzene rings is 2. The third kappa shape index (κ3) is 3.46. The molecule has 5 heteroatoms. The van der Waals surface area contributed by atoms with Crippen LogP contribution in [0.2, 0.25) is 0 Å². The standard InChI is InChI=1S/C24H26N2O3/c1-14-10-11-19-20(12-14)24(29)26(23(19)28)18-9-5-8-17(13-18)22(27)25-21-15(2)6-4-7-16(21)3/h4-9,13-14,19-20H,10-12H2,1-3H3,(H,25,27)/t14-,19+,20+/m1/s1. The number of imide groups is 1. The Morgan fingerprint density at radius 2 is 1.62 bits per heavy atom. The fourth-order valence-corrected chi connectivity index (χ4v) is 4.63. The minimum atomic E-state index is -0.255. The van der Waals surface area contributed by atoms with Gasteiger partial charge < -0.3 is 5.32 Å². The minimum absolute atomic E-state index is 0.126. The third-order valence-corrected chi connectivity index (χ3v) is 6.27. The summed E-state index contributed by atoms with van der Waals surface area (Å²) in [6.07, 6.45) is 2.50. The average Bonchev–Trinajstić information content (AvgIpc) is 2.94. The highest BCUT2D eigenvalue weighted by molar-refractivity contribution is 6.22.